The molecule has 1 aliphatic rings. The highest BCUT2D eigenvalue weighted by Gasteiger charge is 2.35. The summed E-state index contributed by atoms with van der Waals surface area (Å²) in [5, 5.41) is 2.74. The summed E-state index contributed by atoms with van der Waals surface area (Å²) in [5.41, 5.74) is 2.45. The molecule has 2 aromatic rings. The van der Waals surface area contributed by atoms with Crippen molar-refractivity contribution in [2.75, 3.05) is 11.4 Å². The van der Waals surface area contributed by atoms with Crippen LogP contribution in [0.4, 0.5) is 10.1 Å². The summed E-state index contributed by atoms with van der Waals surface area (Å²) in [5.74, 6) is -0.618. The molecule has 1 aliphatic heterocycles. The van der Waals surface area contributed by atoms with E-state index in [0.29, 0.717) is 18.0 Å². The molecule has 0 bridgehead atoms. The van der Waals surface area contributed by atoms with E-state index in [9.17, 15) is 14.0 Å². The topological polar surface area (TPSA) is 49.4 Å². The van der Waals surface area contributed by atoms with Crippen molar-refractivity contribution in [2.45, 2.75) is 32.7 Å². The van der Waals surface area contributed by atoms with Crippen LogP contribution in [0.2, 0.25) is 0 Å². The van der Waals surface area contributed by atoms with Crippen LogP contribution in [0, 0.1) is 11.7 Å². The normalized spacial score (nSPS) is 17.0. The molecule has 136 valence electrons. The van der Waals surface area contributed by atoms with Gasteiger partial charge in [-0.15, -0.1) is 0 Å². The maximum atomic E-state index is 13.6. The van der Waals surface area contributed by atoms with E-state index in [1.54, 1.807) is 23.1 Å². The Morgan fingerprint density at radius 1 is 1.19 bits per heavy atom. The molecule has 0 saturated carbocycles. The highest BCUT2D eigenvalue weighted by molar-refractivity contribution is 6.00. The van der Waals surface area contributed by atoms with Gasteiger partial charge in [-0.3, -0.25) is 9.59 Å². The minimum Gasteiger partial charge on any atom is -0.352 e. The lowest BCUT2D eigenvalue weighted by Crippen LogP contribution is -2.32. The van der Waals surface area contributed by atoms with Crippen molar-refractivity contribution in [2.24, 2.45) is 5.92 Å². The Labute approximate surface area is 153 Å². The molecular formula is C21H23FN2O2. The molecule has 0 aromatic heterocycles. The minimum absolute atomic E-state index is 0.0617. The lowest BCUT2D eigenvalue weighted by atomic mass is 10.0. The van der Waals surface area contributed by atoms with Crippen LogP contribution in [-0.2, 0) is 16.1 Å². The number of carbonyl (C=O) groups excluding carboxylic acids is 2. The number of anilines is 1. The second-order valence-corrected chi connectivity index (χ2v) is 6.96. The minimum atomic E-state index is -0.418. The predicted molar refractivity (Wildman–Crippen MR) is 99.2 cm³/mol. The number of nitrogens with zero attached hydrogens (tertiary/aromatic N) is 1. The van der Waals surface area contributed by atoms with Gasteiger partial charge in [0.2, 0.25) is 11.8 Å². The monoisotopic (exact) mass is 354 g/mol. The van der Waals surface area contributed by atoms with Crippen LogP contribution in [0.3, 0.4) is 0 Å². The fourth-order valence-electron chi connectivity index (χ4n) is 3.14. The molecule has 0 aliphatic carbocycles. The number of amides is 2. The van der Waals surface area contributed by atoms with Gasteiger partial charge in [-0.25, -0.2) is 4.39 Å². The number of hydrogen-bond donors (Lipinski definition) is 1. The van der Waals surface area contributed by atoms with E-state index in [4.69, 9.17) is 0 Å². The first kappa shape index (κ1) is 18.1. The van der Waals surface area contributed by atoms with Crippen molar-refractivity contribution in [3.05, 3.63) is 65.5 Å². The van der Waals surface area contributed by atoms with Gasteiger partial charge in [-0.1, -0.05) is 44.2 Å². The molecule has 2 aromatic carbocycles. The average molecular weight is 354 g/mol. The Morgan fingerprint density at radius 2 is 1.88 bits per heavy atom. The zero-order chi connectivity index (χ0) is 18.7. The van der Waals surface area contributed by atoms with Gasteiger partial charge in [0, 0.05) is 30.8 Å². The Morgan fingerprint density at radius 3 is 2.54 bits per heavy atom. The van der Waals surface area contributed by atoms with Crippen LogP contribution in [0.1, 0.15) is 37.3 Å². The number of hydrogen-bond acceptors (Lipinski definition) is 2. The average Bonchev–Trinajstić information content (AvgIpc) is 3.02. The molecule has 0 radical (unpaired) electrons. The molecule has 3 rings (SSSR count). The molecule has 5 heteroatoms. The Hall–Kier alpha value is -2.69. The molecule has 0 unspecified atom stereocenters. The maximum absolute atomic E-state index is 13.6. The first-order valence-corrected chi connectivity index (χ1v) is 8.87. The zero-order valence-electron chi connectivity index (χ0n) is 15.0. The molecule has 26 heavy (non-hydrogen) atoms. The van der Waals surface area contributed by atoms with E-state index < -0.39 is 5.92 Å². The second-order valence-electron chi connectivity index (χ2n) is 6.96. The van der Waals surface area contributed by atoms with Crippen molar-refractivity contribution in [1.82, 2.24) is 5.32 Å². The van der Waals surface area contributed by atoms with Crippen LogP contribution in [0.5, 0.6) is 0 Å². The third kappa shape index (κ3) is 3.93. The van der Waals surface area contributed by atoms with Crippen LogP contribution in [0.25, 0.3) is 0 Å². The molecule has 1 fully saturated rings. The molecule has 1 heterocycles. The van der Waals surface area contributed by atoms with Gasteiger partial charge in [-0.05, 0) is 29.7 Å². The summed E-state index contributed by atoms with van der Waals surface area (Å²) >= 11 is 0. The van der Waals surface area contributed by atoms with E-state index in [1.807, 2.05) is 24.3 Å². The Kier molecular flexibility index (Phi) is 5.35. The third-order valence-corrected chi connectivity index (χ3v) is 4.78. The van der Waals surface area contributed by atoms with Crippen LogP contribution < -0.4 is 10.2 Å². The number of benzene rings is 2. The van der Waals surface area contributed by atoms with E-state index in [-0.39, 0.29) is 30.6 Å². The van der Waals surface area contributed by atoms with Gasteiger partial charge in [0.05, 0.1) is 5.92 Å². The van der Waals surface area contributed by atoms with Gasteiger partial charge in [0.25, 0.3) is 0 Å². The summed E-state index contributed by atoms with van der Waals surface area (Å²) in [4.78, 5) is 26.4. The van der Waals surface area contributed by atoms with Crippen LogP contribution in [-0.4, -0.2) is 18.4 Å². The Bertz CT molecular complexity index is 802. The van der Waals surface area contributed by atoms with E-state index in [2.05, 4.69) is 19.2 Å². The lowest BCUT2D eigenvalue weighted by Gasteiger charge is -2.18. The van der Waals surface area contributed by atoms with E-state index in [0.717, 1.165) is 5.69 Å². The Balaban J connectivity index is 1.61. The maximum Gasteiger partial charge on any atom is 0.227 e. The fourth-order valence-corrected chi connectivity index (χ4v) is 3.14. The third-order valence-electron chi connectivity index (χ3n) is 4.78. The van der Waals surface area contributed by atoms with Crippen LogP contribution >= 0.6 is 0 Å². The predicted octanol–water partition coefficient (Wildman–Crippen LogP) is 3.62. The zero-order valence-corrected chi connectivity index (χ0v) is 15.0. The quantitative estimate of drug-likeness (QED) is 0.892. The van der Waals surface area contributed by atoms with Gasteiger partial charge in [-0.2, -0.15) is 0 Å². The van der Waals surface area contributed by atoms with Crippen molar-refractivity contribution in [3.8, 4) is 0 Å². The largest absolute Gasteiger partial charge is 0.352 e. The van der Waals surface area contributed by atoms with Crippen LogP contribution in [0.15, 0.2) is 48.5 Å². The lowest BCUT2D eigenvalue weighted by molar-refractivity contribution is -0.126. The number of carbonyl (C=O) groups is 2. The molecule has 1 saturated heterocycles. The van der Waals surface area contributed by atoms with Gasteiger partial charge in [0.1, 0.15) is 5.82 Å². The summed E-state index contributed by atoms with van der Waals surface area (Å²) in [6.07, 6.45) is 0.176. The number of nitrogens with one attached hydrogen (secondary N) is 1. The highest BCUT2D eigenvalue weighted by atomic mass is 19.1. The van der Waals surface area contributed by atoms with Crippen molar-refractivity contribution >= 4 is 17.5 Å². The SMILES string of the molecule is CC(C)c1ccc(N2C[C@H](C(=O)NCc3ccccc3F)CC2=O)cc1. The molecule has 2 amide bonds. The van der Waals surface area contributed by atoms with Crippen molar-refractivity contribution in [1.29, 1.82) is 0 Å². The summed E-state index contributed by atoms with van der Waals surface area (Å²) in [6.45, 7) is 4.71. The molecular weight excluding hydrogens is 331 g/mol. The van der Waals surface area contributed by atoms with Crippen molar-refractivity contribution < 1.29 is 14.0 Å². The summed E-state index contributed by atoms with van der Waals surface area (Å²) in [7, 11) is 0. The van der Waals surface area contributed by atoms with Crippen molar-refractivity contribution in [3.63, 3.8) is 0 Å². The second kappa shape index (κ2) is 7.68. The fraction of sp³-hybridized carbons (Fsp3) is 0.333. The number of rotatable bonds is 5. The highest BCUT2D eigenvalue weighted by Crippen LogP contribution is 2.27. The first-order chi connectivity index (χ1) is 12.5. The standard InChI is InChI=1S/C21H23FN2O2/c1-14(2)15-7-9-18(10-8-15)24-13-17(11-20(24)25)21(26)23-12-16-5-3-4-6-19(16)22/h3-10,14,17H,11-13H2,1-2H3,(H,23,26)/t17-/m1/s1. The molecule has 1 N–H and O–H groups in total. The van der Waals surface area contributed by atoms with Gasteiger partial charge < -0.3 is 10.2 Å². The number of halogens is 1. The van der Waals surface area contributed by atoms with Gasteiger partial charge in [0.15, 0.2) is 0 Å². The molecule has 1 atom stereocenters. The first-order valence-electron chi connectivity index (χ1n) is 8.87. The summed E-state index contributed by atoms with van der Waals surface area (Å²) < 4.78 is 13.6. The van der Waals surface area contributed by atoms with E-state index >= 15 is 0 Å². The molecule has 0 spiro atoms. The smallest absolute Gasteiger partial charge is 0.227 e. The van der Waals surface area contributed by atoms with E-state index in [1.165, 1.54) is 11.6 Å². The van der Waals surface area contributed by atoms with Gasteiger partial charge >= 0.3 is 0 Å². The summed E-state index contributed by atoms with van der Waals surface area (Å²) in [6, 6.07) is 14.2. The molecule has 4 nitrogen and oxygen atoms in total.